The van der Waals surface area contributed by atoms with E-state index < -0.39 is 23.0 Å². The van der Waals surface area contributed by atoms with Gasteiger partial charge in [0, 0.05) is 16.6 Å². The summed E-state index contributed by atoms with van der Waals surface area (Å²) < 4.78 is 17.0. The number of H-pyrrole nitrogens is 2. The molecular formula is C31H30ClFN4O3. The molecule has 4 aromatic rings. The number of rotatable bonds is 6. The molecule has 1 unspecified atom stereocenters. The number of nitrogens with one attached hydrogen (secondary N) is 2. The highest BCUT2D eigenvalue weighted by Gasteiger charge is 2.30. The summed E-state index contributed by atoms with van der Waals surface area (Å²) in [6.45, 7) is 13.4. The van der Waals surface area contributed by atoms with Gasteiger partial charge in [-0.25, -0.2) is 13.8 Å². The van der Waals surface area contributed by atoms with Crippen LogP contribution in [0.4, 0.5) is 4.39 Å². The van der Waals surface area contributed by atoms with Crippen LogP contribution in [0.25, 0.3) is 38.8 Å². The maximum Gasteiger partial charge on any atom is 0.333 e. The minimum Gasteiger partial charge on any atom is -0.366 e. The number of hydrogen-bond donors (Lipinski definition) is 3. The second kappa shape index (κ2) is 10.1. The van der Waals surface area contributed by atoms with E-state index in [-0.39, 0.29) is 27.5 Å². The van der Waals surface area contributed by atoms with Crippen molar-refractivity contribution in [2.24, 2.45) is 17.6 Å². The van der Waals surface area contributed by atoms with Gasteiger partial charge >= 0.3 is 5.69 Å². The van der Waals surface area contributed by atoms with Gasteiger partial charge in [-0.05, 0) is 66.8 Å². The first kappa shape index (κ1) is 27.4. The maximum absolute atomic E-state index is 16.0. The number of halogens is 2. The summed E-state index contributed by atoms with van der Waals surface area (Å²) >= 11 is 6.01. The summed E-state index contributed by atoms with van der Waals surface area (Å²) in [5.74, 6) is -0.405. The van der Waals surface area contributed by atoms with Gasteiger partial charge in [-0.2, -0.15) is 0 Å². The Morgan fingerprint density at radius 3 is 2.62 bits per heavy atom. The van der Waals surface area contributed by atoms with E-state index in [1.807, 2.05) is 0 Å². The van der Waals surface area contributed by atoms with E-state index >= 15 is 4.39 Å². The number of benzene rings is 2. The molecule has 1 aliphatic carbocycles. The summed E-state index contributed by atoms with van der Waals surface area (Å²) in [6, 6.07) is 6.17. The molecule has 4 N–H and O–H groups in total. The van der Waals surface area contributed by atoms with E-state index in [2.05, 4.69) is 37.0 Å². The number of nitrogens with zero attached hydrogens (tertiary/aromatic N) is 1. The molecule has 0 saturated heterocycles. The second-order valence-corrected chi connectivity index (χ2v) is 11.1. The molecule has 0 spiro atoms. The molecule has 40 heavy (non-hydrogen) atoms. The lowest BCUT2D eigenvalue weighted by atomic mass is 9.79. The lowest BCUT2D eigenvalue weighted by Crippen LogP contribution is -2.36. The van der Waals surface area contributed by atoms with Crippen molar-refractivity contribution in [3.05, 3.63) is 97.7 Å². The summed E-state index contributed by atoms with van der Waals surface area (Å²) in [4.78, 5) is 44.9. The average molecular weight is 561 g/mol. The monoisotopic (exact) mass is 560 g/mol. The van der Waals surface area contributed by atoms with E-state index in [1.165, 1.54) is 6.08 Å². The van der Waals surface area contributed by atoms with Crippen molar-refractivity contribution in [1.82, 2.24) is 14.5 Å². The SMILES string of the molecule is C=Cc1c(C(=C)Cl)[nH]c(=O)n(-c2cccc(-c3c(F)cc(C(N)=O)c4[nH]c5c(c34)CCC(C(C)C)C5)c2C)c1=O. The number of fused-ring (bicyclic) bond motifs is 3. The lowest BCUT2D eigenvalue weighted by Gasteiger charge is -2.25. The molecule has 2 aromatic heterocycles. The zero-order valence-electron chi connectivity index (χ0n) is 22.6. The standard InChI is InChI=1S/C31H30ClFN4O3/c1-6-18-27(16(5)32)36-31(40)37(30(18)39)24-9-7-8-19(15(24)4)25-22(33)13-21(29(34)38)28-26(25)20-11-10-17(14(2)3)12-23(20)35-28/h6-9,13-14,17,35H,1,5,10-12H2,2-4H3,(H2,34,38)(H,36,40). The highest BCUT2D eigenvalue weighted by molar-refractivity contribution is 6.48. The number of carbonyl (C=O) groups is 1. The molecule has 0 aliphatic heterocycles. The van der Waals surface area contributed by atoms with Crippen molar-refractivity contribution in [2.75, 3.05) is 0 Å². The minimum absolute atomic E-state index is 0.00216. The molecule has 1 atom stereocenters. The highest BCUT2D eigenvalue weighted by atomic mass is 35.5. The lowest BCUT2D eigenvalue weighted by molar-refractivity contribution is 0.100. The zero-order valence-corrected chi connectivity index (χ0v) is 23.3. The van der Waals surface area contributed by atoms with Crippen LogP contribution in [0.5, 0.6) is 0 Å². The van der Waals surface area contributed by atoms with Crippen LogP contribution >= 0.6 is 11.6 Å². The first-order valence-corrected chi connectivity index (χ1v) is 13.5. The molecule has 7 nitrogen and oxygen atoms in total. The molecule has 0 fully saturated rings. The largest absolute Gasteiger partial charge is 0.366 e. The van der Waals surface area contributed by atoms with E-state index in [1.54, 1.807) is 25.1 Å². The Morgan fingerprint density at radius 1 is 1.27 bits per heavy atom. The van der Waals surface area contributed by atoms with Gasteiger partial charge in [-0.15, -0.1) is 0 Å². The smallest absolute Gasteiger partial charge is 0.333 e. The van der Waals surface area contributed by atoms with Crippen LogP contribution in [-0.2, 0) is 12.8 Å². The van der Waals surface area contributed by atoms with Gasteiger partial charge < -0.3 is 15.7 Å². The molecule has 206 valence electrons. The van der Waals surface area contributed by atoms with Crippen LogP contribution in [0.3, 0.4) is 0 Å². The summed E-state index contributed by atoms with van der Waals surface area (Å²) in [5.41, 5.74) is 8.56. The Labute approximate surface area is 235 Å². The van der Waals surface area contributed by atoms with Gasteiger partial charge in [0.05, 0.1) is 33.1 Å². The number of hydrogen-bond acceptors (Lipinski definition) is 3. The Morgan fingerprint density at radius 2 is 2.00 bits per heavy atom. The number of aromatic amines is 2. The number of primary amides is 1. The fourth-order valence-corrected chi connectivity index (χ4v) is 6.09. The van der Waals surface area contributed by atoms with Crippen LogP contribution in [-0.4, -0.2) is 20.4 Å². The van der Waals surface area contributed by atoms with Crippen molar-refractivity contribution in [3.63, 3.8) is 0 Å². The van der Waals surface area contributed by atoms with E-state index in [4.69, 9.17) is 17.3 Å². The highest BCUT2D eigenvalue weighted by Crippen LogP contribution is 2.43. The summed E-state index contributed by atoms with van der Waals surface area (Å²) in [7, 11) is 0. The molecule has 0 saturated carbocycles. The average Bonchev–Trinajstić information content (AvgIpc) is 3.27. The van der Waals surface area contributed by atoms with Crippen LogP contribution < -0.4 is 17.0 Å². The minimum atomic E-state index is -0.726. The third-order valence-electron chi connectivity index (χ3n) is 8.09. The van der Waals surface area contributed by atoms with E-state index in [0.29, 0.717) is 39.4 Å². The zero-order chi connectivity index (χ0) is 29.0. The topological polar surface area (TPSA) is 114 Å². The van der Waals surface area contributed by atoms with Crippen molar-refractivity contribution in [3.8, 4) is 16.8 Å². The van der Waals surface area contributed by atoms with Crippen LogP contribution in [0.1, 0.15) is 58.7 Å². The Kier molecular flexibility index (Phi) is 6.92. The van der Waals surface area contributed by atoms with Crippen LogP contribution in [0.2, 0.25) is 0 Å². The fourth-order valence-electron chi connectivity index (χ4n) is 5.94. The van der Waals surface area contributed by atoms with Gasteiger partial charge in [-0.3, -0.25) is 9.59 Å². The van der Waals surface area contributed by atoms with E-state index in [0.717, 1.165) is 41.2 Å². The van der Waals surface area contributed by atoms with Crippen molar-refractivity contribution >= 4 is 39.5 Å². The quantitative estimate of drug-likeness (QED) is 0.275. The van der Waals surface area contributed by atoms with Gasteiger partial charge in [0.25, 0.3) is 11.5 Å². The van der Waals surface area contributed by atoms with Crippen LogP contribution in [0, 0.1) is 24.6 Å². The van der Waals surface area contributed by atoms with Crippen molar-refractivity contribution in [1.29, 1.82) is 0 Å². The molecule has 0 radical (unpaired) electrons. The molecule has 0 bridgehead atoms. The number of aryl methyl sites for hydroxylation is 1. The number of aromatic nitrogens is 3. The first-order valence-electron chi connectivity index (χ1n) is 13.1. The second-order valence-electron chi connectivity index (χ2n) is 10.6. The molecule has 5 rings (SSSR count). The van der Waals surface area contributed by atoms with E-state index in [9.17, 15) is 14.4 Å². The number of carbonyl (C=O) groups excluding carboxylic acids is 1. The van der Waals surface area contributed by atoms with Crippen molar-refractivity contribution in [2.45, 2.75) is 40.0 Å². The molecule has 2 aromatic carbocycles. The molecule has 1 aliphatic rings. The van der Waals surface area contributed by atoms with Crippen LogP contribution in [0.15, 0.2) is 47.0 Å². The van der Waals surface area contributed by atoms with Crippen molar-refractivity contribution < 1.29 is 9.18 Å². The molecular weight excluding hydrogens is 531 g/mol. The Bertz CT molecular complexity index is 1860. The number of nitrogens with two attached hydrogens (primary N) is 1. The Balaban J connectivity index is 1.82. The molecule has 1 amide bonds. The predicted octanol–water partition coefficient (Wildman–Crippen LogP) is 5.83. The van der Waals surface area contributed by atoms with Gasteiger partial charge in [0.1, 0.15) is 5.82 Å². The third kappa shape index (κ3) is 4.23. The third-order valence-corrected chi connectivity index (χ3v) is 8.28. The van der Waals surface area contributed by atoms with Gasteiger partial charge in [0.15, 0.2) is 0 Å². The van der Waals surface area contributed by atoms with Gasteiger partial charge in [-0.1, -0.05) is 56.8 Å². The summed E-state index contributed by atoms with van der Waals surface area (Å²) in [6.07, 6.45) is 3.75. The maximum atomic E-state index is 16.0. The normalized spacial score (nSPS) is 14.9. The predicted molar refractivity (Wildman–Crippen MR) is 158 cm³/mol. The summed E-state index contributed by atoms with van der Waals surface area (Å²) in [5, 5.41) is 0.603. The molecule has 2 heterocycles. The Hall–Kier alpha value is -4.17. The first-order chi connectivity index (χ1) is 19.0. The fraction of sp³-hybridized carbons (Fsp3) is 0.258. The number of amides is 1. The molecule has 9 heteroatoms. The van der Waals surface area contributed by atoms with Gasteiger partial charge in [0.2, 0.25) is 0 Å².